The van der Waals surface area contributed by atoms with E-state index in [4.69, 9.17) is 37.0 Å². The summed E-state index contributed by atoms with van der Waals surface area (Å²) in [7, 11) is -9.91. The van der Waals surface area contributed by atoms with Crippen molar-refractivity contribution in [1.29, 1.82) is 0 Å². The van der Waals surface area contributed by atoms with Gasteiger partial charge in [-0.1, -0.05) is 325 Å². The summed E-state index contributed by atoms with van der Waals surface area (Å²) >= 11 is 0. The lowest BCUT2D eigenvalue weighted by molar-refractivity contribution is -0.161. The number of phosphoric ester groups is 2. The highest BCUT2D eigenvalue weighted by atomic mass is 31.2. The number of aliphatic hydroxyl groups is 1. The van der Waals surface area contributed by atoms with E-state index in [0.29, 0.717) is 25.7 Å². The van der Waals surface area contributed by atoms with Gasteiger partial charge in [-0.25, -0.2) is 9.13 Å². The quantitative estimate of drug-likeness (QED) is 0.0222. The van der Waals surface area contributed by atoms with Crippen LogP contribution in [0.5, 0.6) is 0 Å². The Morgan fingerprint density at radius 1 is 0.298 bits per heavy atom. The fourth-order valence-corrected chi connectivity index (χ4v) is 12.9. The molecule has 0 aromatic carbocycles. The van der Waals surface area contributed by atoms with Crippen LogP contribution in [-0.2, 0) is 65.4 Å². The van der Waals surface area contributed by atoms with Crippen molar-refractivity contribution in [2.75, 3.05) is 39.6 Å². The molecule has 4 unspecified atom stereocenters. The highest BCUT2D eigenvalue weighted by Crippen LogP contribution is 2.45. The van der Waals surface area contributed by atoms with Crippen molar-refractivity contribution >= 4 is 39.5 Å². The van der Waals surface area contributed by atoms with Gasteiger partial charge < -0.3 is 33.8 Å². The number of carbonyl (C=O) groups excluding carboxylic acids is 4. The van der Waals surface area contributed by atoms with Gasteiger partial charge in [0.05, 0.1) is 26.4 Å². The van der Waals surface area contributed by atoms with Gasteiger partial charge >= 0.3 is 39.5 Å². The second kappa shape index (κ2) is 64.4. The average Bonchev–Trinajstić information content (AvgIpc) is 2.42. The van der Waals surface area contributed by atoms with Crippen LogP contribution in [0.25, 0.3) is 0 Å². The van der Waals surface area contributed by atoms with Crippen LogP contribution in [0, 0.1) is 23.7 Å². The van der Waals surface area contributed by atoms with E-state index in [2.05, 4.69) is 55.4 Å². The Kier molecular flexibility index (Phi) is 63.1. The third kappa shape index (κ3) is 66.0. The molecular formula is C75H146O17P2. The van der Waals surface area contributed by atoms with Crippen molar-refractivity contribution in [3.63, 3.8) is 0 Å². The van der Waals surface area contributed by atoms with Crippen LogP contribution in [0.15, 0.2) is 0 Å². The van der Waals surface area contributed by atoms with Gasteiger partial charge in [-0.15, -0.1) is 0 Å². The van der Waals surface area contributed by atoms with E-state index in [-0.39, 0.29) is 25.7 Å². The highest BCUT2D eigenvalue weighted by molar-refractivity contribution is 7.47. The van der Waals surface area contributed by atoms with Gasteiger partial charge in [0.1, 0.15) is 19.3 Å². The van der Waals surface area contributed by atoms with E-state index < -0.39 is 97.5 Å². The number of ether oxygens (including phenoxy) is 4. The molecule has 0 bridgehead atoms. The predicted molar refractivity (Wildman–Crippen MR) is 381 cm³/mol. The van der Waals surface area contributed by atoms with Gasteiger partial charge in [-0.05, 0) is 49.4 Å². The number of rotatable bonds is 72. The zero-order chi connectivity index (χ0) is 69.6. The summed E-state index contributed by atoms with van der Waals surface area (Å²) < 4.78 is 68.5. The fourth-order valence-electron chi connectivity index (χ4n) is 11.3. The first-order valence-corrected chi connectivity index (χ1v) is 41.8. The molecular weight excluding hydrogens is 1230 g/mol. The molecule has 0 amide bonds. The average molecular weight is 1380 g/mol. The number of unbranched alkanes of at least 4 members (excludes halogenated alkanes) is 36. The standard InChI is InChI=1S/C75H146O17P2/c1-9-67(7)53-45-37-29-21-17-18-24-34-42-50-58-75(80)92-71(62-86-73(78)56-48-40-32-26-25-30-38-46-54-68(8)10-2)64-90-94(83,84)88-60-69(76)59-87-93(81,82)89-63-70(91-74(79)57-49-41-33-23-16-12-14-20-28-36-44-52-66(5)6)61-85-72(77)55-47-39-31-22-15-11-13-19-27-35-43-51-65(3)4/h65-71,76H,9-64H2,1-8H3,(H,81,82)(H,83,84)/t67?,68?,69-,70-,71-/m1/s1. The molecule has 17 nitrogen and oxygen atoms in total. The molecule has 7 atom stereocenters. The molecule has 0 spiro atoms. The minimum Gasteiger partial charge on any atom is -0.462 e. The maximum absolute atomic E-state index is 13.1. The lowest BCUT2D eigenvalue weighted by Gasteiger charge is -2.21. The van der Waals surface area contributed by atoms with E-state index in [0.717, 1.165) is 114 Å². The second-order valence-corrected chi connectivity index (χ2v) is 31.4. The van der Waals surface area contributed by atoms with Crippen molar-refractivity contribution in [3.8, 4) is 0 Å². The molecule has 0 aliphatic heterocycles. The smallest absolute Gasteiger partial charge is 0.462 e. The largest absolute Gasteiger partial charge is 0.472 e. The number of hydrogen-bond acceptors (Lipinski definition) is 15. The van der Waals surface area contributed by atoms with Gasteiger partial charge in [0.25, 0.3) is 0 Å². The topological polar surface area (TPSA) is 237 Å². The lowest BCUT2D eigenvalue weighted by Crippen LogP contribution is -2.30. The Labute approximate surface area is 575 Å². The van der Waals surface area contributed by atoms with Crippen LogP contribution in [0.4, 0.5) is 0 Å². The van der Waals surface area contributed by atoms with Crippen LogP contribution >= 0.6 is 15.6 Å². The molecule has 94 heavy (non-hydrogen) atoms. The third-order valence-electron chi connectivity index (χ3n) is 18.0. The number of phosphoric acid groups is 2. The van der Waals surface area contributed by atoms with Crippen molar-refractivity contribution in [3.05, 3.63) is 0 Å². The van der Waals surface area contributed by atoms with Gasteiger partial charge in [-0.2, -0.15) is 0 Å². The lowest BCUT2D eigenvalue weighted by atomic mass is 9.99. The van der Waals surface area contributed by atoms with Crippen LogP contribution in [0.2, 0.25) is 0 Å². The molecule has 3 N–H and O–H groups in total. The SMILES string of the molecule is CCC(C)CCCCCCCCCCCCC(=O)O[C@H](COC(=O)CCCCCCCCCCC(C)CC)COP(=O)(O)OC[C@H](O)COP(=O)(O)OC[C@@H](COC(=O)CCCCCCCCCCCCCC(C)C)OC(=O)CCCCCCCCCCCCCC(C)C. The summed E-state index contributed by atoms with van der Waals surface area (Å²) in [4.78, 5) is 72.8. The molecule has 0 saturated carbocycles. The van der Waals surface area contributed by atoms with Gasteiger partial charge in [0.15, 0.2) is 12.2 Å². The normalized spacial score (nSPS) is 14.7. The van der Waals surface area contributed by atoms with Gasteiger partial charge in [0, 0.05) is 25.7 Å². The maximum atomic E-state index is 13.1. The summed E-state index contributed by atoms with van der Waals surface area (Å²) in [6.45, 7) is 14.2. The Hall–Kier alpha value is -1.94. The van der Waals surface area contributed by atoms with Crippen LogP contribution in [0.1, 0.15) is 376 Å². The number of aliphatic hydroxyl groups excluding tert-OH is 1. The summed E-state index contributed by atoms with van der Waals surface area (Å²) in [5.74, 6) is 0.995. The third-order valence-corrected chi connectivity index (χ3v) is 19.9. The summed E-state index contributed by atoms with van der Waals surface area (Å²) in [6, 6.07) is 0. The van der Waals surface area contributed by atoms with Crippen molar-refractivity contribution < 1.29 is 80.2 Å². The van der Waals surface area contributed by atoms with Crippen molar-refractivity contribution in [2.24, 2.45) is 23.7 Å². The monoisotopic (exact) mass is 1380 g/mol. The molecule has 0 heterocycles. The minimum absolute atomic E-state index is 0.105. The predicted octanol–water partition coefficient (Wildman–Crippen LogP) is 21.7. The molecule has 0 rings (SSSR count). The van der Waals surface area contributed by atoms with Crippen LogP contribution in [0.3, 0.4) is 0 Å². The molecule has 558 valence electrons. The number of carbonyl (C=O) groups is 4. The van der Waals surface area contributed by atoms with Gasteiger partial charge in [-0.3, -0.25) is 37.3 Å². The van der Waals surface area contributed by atoms with Crippen LogP contribution < -0.4 is 0 Å². The summed E-state index contributed by atoms with van der Waals surface area (Å²) in [5.41, 5.74) is 0. The molecule has 0 aliphatic rings. The summed E-state index contributed by atoms with van der Waals surface area (Å²) in [5, 5.41) is 10.6. The Balaban J connectivity index is 5.29. The van der Waals surface area contributed by atoms with E-state index in [1.807, 2.05) is 0 Å². The maximum Gasteiger partial charge on any atom is 0.472 e. The van der Waals surface area contributed by atoms with Crippen molar-refractivity contribution in [2.45, 2.75) is 395 Å². The zero-order valence-corrected chi connectivity index (χ0v) is 63.4. The van der Waals surface area contributed by atoms with Crippen LogP contribution in [-0.4, -0.2) is 96.7 Å². The van der Waals surface area contributed by atoms with E-state index >= 15 is 0 Å². The number of esters is 4. The fraction of sp³-hybridized carbons (Fsp3) is 0.947. The van der Waals surface area contributed by atoms with Crippen molar-refractivity contribution in [1.82, 2.24) is 0 Å². The van der Waals surface area contributed by atoms with Gasteiger partial charge in [0.2, 0.25) is 0 Å². The molecule has 0 aromatic heterocycles. The molecule has 19 heteroatoms. The van der Waals surface area contributed by atoms with E-state index in [9.17, 15) is 43.2 Å². The first-order chi connectivity index (χ1) is 45.2. The Morgan fingerprint density at radius 3 is 0.755 bits per heavy atom. The summed E-state index contributed by atoms with van der Waals surface area (Å²) in [6.07, 6.45) is 48.3. The molecule has 0 fully saturated rings. The molecule has 0 aliphatic carbocycles. The van der Waals surface area contributed by atoms with E-state index in [1.165, 1.54) is 180 Å². The Morgan fingerprint density at radius 2 is 0.511 bits per heavy atom. The minimum atomic E-state index is -4.96. The Bertz CT molecular complexity index is 1850. The number of hydrogen-bond donors (Lipinski definition) is 3. The zero-order valence-electron chi connectivity index (χ0n) is 61.6. The molecule has 0 aromatic rings. The highest BCUT2D eigenvalue weighted by Gasteiger charge is 2.30. The first kappa shape index (κ1) is 92.1. The molecule has 0 radical (unpaired) electrons. The first-order valence-electron chi connectivity index (χ1n) is 38.8. The molecule has 0 saturated heterocycles. The second-order valence-electron chi connectivity index (χ2n) is 28.5. The van der Waals surface area contributed by atoms with E-state index in [1.54, 1.807) is 0 Å².